The molecule has 0 saturated carbocycles. The fourth-order valence-electron chi connectivity index (χ4n) is 3.26. The maximum absolute atomic E-state index is 4.92. The van der Waals surface area contributed by atoms with Crippen molar-refractivity contribution in [2.45, 2.75) is 40.2 Å². The molecule has 0 unspecified atom stereocenters. The summed E-state index contributed by atoms with van der Waals surface area (Å²) in [6.07, 6.45) is 4.01. The zero-order chi connectivity index (χ0) is 18.6. The minimum absolute atomic E-state index is 0.864. The standard InChI is InChI=1S/C19H36N6O/c1-4-20-19(21-10-7-8-11-23(5-2)6-3)25-14-12-24(13-15-25)17-18-9-16-26-22-18/h9,16H,4-8,10-15,17H2,1-3H3,(H,20,21). The van der Waals surface area contributed by atoms with Gasteiger partial charge in [0.25, 0.3) is 0 Å². The molecule has 0 radical (unpaired) electrons. The summed E-state index contributed by atoms with van der Waals surface area (Å²) in [6.45, 7) is 16.8. The van der Waals surface area contributed by atoms with Gasteiger partial charge < -0.3 is 19.6 Å². The summed E-state index contributed by atoms with van der Waals surface area (Å²) in [4.78, 5) is 12.1. The van der Waals surface area contributed by atoms with Crippen molar-refractivity contribution < 1.29 is 4.52 Å². The van der Waals surface area contributed by atoms with Gasteiger partial charge in [0.2, 0.25) is 0 Å². The highest BCUT2D eigenvalue weighted by Gasteiger charge is 2.20. The SMILES string of the molecule is CCNC(=NCCCCN(CC)CC)N1CCN(Cc2ccon2)CC1. The summed E-state index contributed by atoms with van der Waals surface area (Å²) >= 11 is 0. The Labute approximate surface area is 158 Å². The number of aromatic nitrogens is 1. The molecular weight excluding hydrogens is 328 g/mol. The van der Waals surface area contributed by atoms with E-state index in [9.17, 15) is 0 Å². The van der Waals surface area contributed by atoms with Crippen molar-refractivity contribution >= 4 is 5.96 Å². The van der Waals surface area contributed by atoms with E-state index in [1.807, 2.05) is 6.07 Å². The third-order valence-corrected chi connectivity index (χ3v) is 4.92. The van der Waals surface area contributed by atoms with E-state index in [0.29, 0.717) is 0 Å². The first-order valence-corrected chi connectivity index (χ1v) is 10.1. The molecule has 1 aromatic rings. The van der Waals surface area contributed by atoms with Gasteiger partial charge in [-0.1, -0.05) is 19.0 Å². The Hall–Kier alpha value is -1.60. The van der Waals surface area contributed by atoms with Crippen LogP contribution in [0.4, 0.5) is 0 Å². The summed E-state index contributed by atoms with van der Waals surface area (Å²) in [6, 6.07) is 1.94. The smallest absolute Gasteiger partial charge is 0.194 e. The fourth-order valence-corrected chi connectivity index (χ4v) is 3.26. The van der Waals surface area contributed by atoms with Crippen LogP contribution in [-0.4, -0.2) is 84.7 Å². The first kappa shape index (κ1) is 20.7. The molecule has 7 heteroatoms. The van der Waals surface area contributed by atoms with Crippen molar-refractivity contribution in [3.05, 3.63) is 18.0 Å². The minimum Gasteiger partial charge on any atom is -0.364 e. The summed E-state index contributed by atoms with van der Waals surface area (Å²) < 4.78 is 4.92. The zero-order valence-electron chi connectivity index (χ0n) is 16.8. The van der Waals surface area contributed by atoms with Crippen LogP contribution in [-0.2, 0) is 6.54 Å². The third kappa shape index (κ3) is 6.96. The number of nitrogens with one attached hydrogen (secondary N) is 1. The van der Waals surface area contributed by atoms with Crippen molar-refractivity contribution in [1.82, 2.24) is 25.2 Å². The predicted molar refractivity (Wildman–Crippen MR) is 106 cm³/mol. The fraction of sp³-hybridized carbons (Fsp3) is 0.789. The molecule has 0 atom stereocenters. The first-order chi connectivity index (χ1) is 12.8. The van der Waals surface area contributed by atoms with Crippen LogP contribution in [0.2, 0.25) is 0 Å². The highest BCUT2D eigenvalue weighted by molar-refractivity contribution is 5.80. The Morgan fingerprint density at radius 3 is 2.58 bits per heavy atom. The zero-order valence-corrected chi connectivity index (χ0v) is 16.8. The lowest BCUT2D eigenvalue weighted by Gasteiger charge is -2.36. The molecular formula is C19H36N6O. The number of hydrogen-bond acceptors (Lipinski definition) is 5. The Bertz CT molecular complexity index is 492. The largest absolute Gasteiger partial charge is 0.364 e. The monoisotopic (exact) mass is 364 g/mol. The lowest BCUT2D eigenvalue weighted by Crippen LogP contribution is -2.52. The molecule has 7 nitrogen and oxygen atoms in total. The molecule has 2 heterocycles. The Morgan fingerprint density at radius 1 is 1.19 bits per heavy atom. The van der Waals surface area contributed by atoms with Crippen molar-refractivity contribution in [2.24, 2.45) is 4.99 Å². The third-order valence-electron chi connectivity index (χ3n) is 4.92. The number of guanidine groups is 1. The van der Waals surface area contributed by atoms with Crippen LogP contribution in [0.1, 0.15) is 39.3 Å². The molecule has 148 valence electrons. The van der Waals surface area contributed by atoms with Gasteiger partial charge in [-0.2, -0.15) is 0 Å². The molecule has 1 aliphatic rings. The molecule has 26 heavy (non-hydrogen) atoms. The normalized spacial score (nSPS) is 16.5. The van der Waals surface area contributed by atoms with Crippen LogP contribution in [0.3, 0.4) is 0 Å². The van der Waals surface area contributed by atoms with Crippen LogP contribution in [0.5, 0.6) is 0 Å². The molecule has 1 saturated heterocycles. The van der Waals surface area contributed by atoms with Gasteiger partial charge in [0.05, 0.1) is 5.69 Å². The molecule has 0 aliphatic carbocycles. The summed E-state index contributed by atoms with van der Waals surface area (Å²) in [5.74, 6) is 1.07. The Balaban J connectivity index is 1.72. The van der Waals surface area contributed by atoms with Crippen LogP contribution in [0.15, 0.2) is 21.8 Å². The van der Waals surface area contributed by atoms with E-state index < -0.39 is 0 Å². The van der Waals surface area contributed by atoms with E-state index >= 15 is 0 Å². The van der Waals surface area contributed by atoms with Gasteiger partial charge in [-0.25, -0.2) is 0 Å². The molecule has 1 N–H and O–H groups in total. The van der Waals surface area contributed by atoms with Crippen LogP contribution >= 0.6 is 0 Å². The lowest BCUT2D eigenvalue weighted by atomic mass is 10.3. The van der Waals surface area contributed by atoms with Gasteiger partial charge in [0.1, 0.15) is 6.26 Å². The van der Waals surface area contributed by atoms with E-state index in [4.69, 9.17) is 9.52 Å². The number of hydrogen-bond donors (Lipinski definition) is 1. The predicted octanol–water partition coefficient (Wildman–Crippen LogP) is 1.88. The quantitative estimate of drug-likeness (QED) is 0.389. The molecule has 0 bridgehead atoms. The number of piperazine rings is 1. The van der Waals surface area contributed by atoms with Gasteiger partial charge in [-0.3, -0.25) is 9.89 Å². The maximum Gasteiger partial charge on any atom is 0.194 e. The molecule has 2 rings (SSSR count). The van der Waals surface area contributed by atoms with Crippen molar-refractivity contribution in [3.8, 4) is 0 Å². The number of unbranched alkanes of at least 4 members (excludes halogenated alkanes) is 1. The summed E-state index contributed by atoms with van der Waals surface area (Å²) in [5, 5.41) is 7.46. The molecule has 0 aromatic carbocycles. The first-order valence-electron chi connectivity index (χ1n) is 10.1. The second-order valence-corrected chi connectivity index (χ2v) is 6.72. The van der Waals surface area contributed by atoms with Crippen molar-refractivity contribution in [3.63, 3.8) is 0 Å². The average molecular weight is 365 g/mol. The summed E-state index contributed by atoms with van der Waals surface area (Å²) in [5.41, 5.74) is 1.01. The second-order valence-electron chi connectivity index (χ2n) is 6.72. The highest BCUT2D eigenvalue weighted by atomic mass is 16.5. The number of aliphatic imine (C=N–C) groups is 1. The minimum atomic E-state index is 0.864. The van der Waals surface area contributed by atoms with Crippen LogP contribution < -0.4 is 5.32 Å². The van der Waals surface area contributed by atoms with Crippen molar-refractivity contribution in [2.75, 3.05) is 58.9 Å². The van der Waals surface area contributed by atoms with E-state index in [1.165, 1.54) is 13.0 Å². The average Bonchev–Trinajstić information content (AvgIpc) is 3.17. The van der Waals surface area contributed by atoms with Crippen molar-refractivity contribution in [1.29, 1.82) is 0 Å². The van der Waals surface area contributed by atoms with Crippen LogP contribution in [0.25, 0.3) is 0 Å². The Morgan fingerprint density at radius 2 is 1.96 bits per heavy atom. The number of nitrogens with zero attached hydrogens (tertiary/aromatic N) is 5. The molecule has 0 amide bonds. The molecule has 0 spiro atoms. The van der Waals surface area contributed by atoms with Gasteiger partial charge in [-0.05, 0) is 39.4 Å². The summed E-state index contributed by atoms with van der Waals surface area (Å²) in [7, 11) is 0. The van der Waals surface area contributed by atoms with Gasteiger partial charge in [-0.15, -0.1) is 0 Å². The lowest BCUT2D eigenvalue weighted by molar-refractivity contribution is 0.169. The van der Waals surface area contributed by atoms with E-state index in [2.05, 4.69) is 45.9 Å². The van der Waals surface area contributed by atoms with E-state index in [1.54, 1.807) is 6.26 Å². The highest BCUT2D eigenvalue weighted by Crippen LogP contribution is 2.07. The topological polar surface area (TPSA) is 60.1 Å². The number of rotatable bonds is 10. The molecule has 1 aliphatic heterocycles. The van der Waals surface area contributed by atoms with Gasteiger partial charge in [0.15, 0.2) is 5.96 Å². The molecule has 1 fully saturated rings. The van der Waals surface area contributed by atoms with Gasteiger partial charge in [0, 0.05) is 51.9 Å². The Kier molecular flexibility index (Phi) is 9.48. The second kappa shape index (κ2) is 11.9. The van der Waals surface area contributed by atoms with E-state index in [-0.39, 0.29) is 0 Å². The van der Waals surface area contributed by atoms with Crippen LogP contribution in [0, 0.1) is 0 Å². The van der Waals surface area contributed by atoms with E-state index in [0.717, 1.165) is 77.0 Å². The maximum atomic E-state index is 4.92. The van der Waals surface area contributed by atoms with Gasteiger partial charge >= 0.3 is 0 Å². The molecule has 1 aromatic heterocycles.